The van der Waals surface area contributed by atoms with Crippen LogP contribution in [0.3, 0.4) is 0 Å². The zero-order valence-corrected chi connectivity index (χ0v) is 14.7. The molecule has 0 radical (unpaired) electrons. The fourth-order valence-electron chi connectivity index (χ4n) is 2.44. The SMILES string of the molecule is COc1ccc(Oc2cccc(F)c2CNC(=O)Nc2ccccc2)cc1. The van der Waals surface area contributed by atoms with E-state index < -0.39 is 11.8 Å². The summed E-state index contributed by atoms with van der Waals surface area (Å²) in [7, 11) is 1.58. The summed E-state index contributed by atoms with van der Waals surface area (Å²) in [6.45, 7) is -0.0170. The zero-order chi connectivity index (χ0) is 19.1. The van der Waals surface area contributed by atoms with Gasteiger partial charge in [-0.15, -0.1) is 0 Å². The predicted octanol–water partition coefficient (Wildman–Crippen LogP) is 4.95. The van der Waals surface area contributed by atoms with Gasteiger partial charge in [-0.3, -0.25) is 0 Å². The van der Waals surface area contributed by atoms with Crippen molar-refractivity contribution >= 4 is 11.7 Å². The molecule has 5 nitrogen and oxygen atoms in total. The van der Waals surface area contributed by atoms with Crippen LogP contribution in [0, 0.1) is 5.82 Å². The van der Waals surface area contributed by atoms with Crippen molar-refractivity contribution in [3.63, 3.8) is 0 Å². The smallest absolute Gasteiger partial charge is 0.319 e. The number of para-hydroxylation sites is 1. The van der Waals surface area contributed by atoms with Crippen LogP contribution in [-0.2, 0) is 6.54 Å². The summed E-state index contributed by atoms with van der Waals surface area (Å²) < 4.78 is 25.2. The Hall–Kier alpha value is -3.54. The summed E-state index contributed by atoms with van der Waals surface area (Å²) in [6, 6.07) is 20.1. The maximum atomic E-state index is 14.3. The molecule has 0 fully saturated rings. The number of nitrogens with one attached hydrogen (secondary N) is 2. The van der Waals surface area contributed by atoms with Crippen molar-refractivity contribution in [2.75, 3.05) is 12.4 Å². The number of urea groups is 1. The minimum atomic E-state index is -0.457. The summed E-state index contributed by atoms with van der Waals surface area (Å²) in [6.07, 6.45) is 0. The van der Waals surface area contributed by atoms with Crippen LogP contribution >= 0.6 is 0 Å². The average molecular weight is 366 g/mol. The van der Waals surface area contributed by atoms with Crippen molar-refractivity contribution in [2.45, 2.75) is 6.54 Å². The second-order valence-corrected chi connectivity index (χ2v) is 5.67. The quantitative estimate of drug-likeness (QED) is 0.649. The van der Waals surface area contributed by atoms with Crippen LogP contribution in [0.15, 0.2) is 72.8 Å². The number of hydrogen-bond acceptors (Lipinski definition) is 3. The van der Waals surface area contributed by atoms with Gasteiger partial charge in [0.2, 0.25) is 0 Å². The number of carbonyl (C=O) groups is 1. The highest BCUT2D eigenvalue weighted by Gasteiger charge is 2.12. The summed E-state index contributed by atoms with van der Waals surface area (Å²) in [4.78, 5) is 12.0. The fraction of sp³-hybridized carbons (Fsp3) is 0.0952. The van der Waals surface area contributed by atoms with E-state index in [0.29, 0.717) is 22.9 Å². The van der Waals surface area contributed by atoms with E-state index in [9.17, 15) is 9.18 Å². The lowest BCUT2D eigenvalue weighted by molar-refractivity contribution is 0.251. The normalized spacial score (nSPS) is 10.1. The van der Waals surface area contributed by atoms with Crippen LogP contribution in [0.2, 0.25) is 0 Å². The Morgan fingerprint density at radius 2 is 1.63 bits per heavy atom. The van der Waals surface area contributed by atoms with Gasteiger partial charge in [-0.1, -0.05) is 24.3 Å². The molecule has 0 saturated heterocycles. The number of ether oxygens (including phenoxy) is 2. The number of benzene rings is 3. The zero-order valence-electron chi connectivity index (χ0n) is 14.7. The first-order valence-corrected chi connectivity index (χ1v) is 8.35. The first kappa shape index (κ1) is 18.3. The Balaban J connectivity index is 1.68. The molecule has 2 amide bonds. The number of carbonyl (C=O) groups excluding carboxylic acids is 1. The van der Waals surface area contributed by atoms with Crippen molar-refractivity contribution in [3.8, 4) is 17.2 Å². The van der Waals surface area contributed by atoms with Crippen LogP contribution in [0.1, 0.15) is 5.56 Å². The van der Waals surface area contributed by atoms with Gasteiger partial charge < -0.3 is 20.1 Å². The van der Waals surface area contributed by atoms with E-state index in [1.807, 2.05) is 18.2 Å². The van der Waals surface area contributed by atoms with Gasteiger partial charge in [0.15, 0.2) is 0 Å². The molecule has 0 unspecified atom stereocenters. The molecule has 0 bridgehead atoms. The third-order valence-electron chi connectivity index (χ3n) is 3.82. The summed E-state index contributed by atoms with van der Waals surface area (Å²) in [5, 5.41) is 5.33. The fourth-order valence-corrected chi connectivity index (χ4v) is 2.44. The molecule has 6 heteroatoms. The van der Waals surface area contributed by atoms with Gasteiger partial charge in [0.1, 0.15) is 23.1 Å². The lowest BCUT2D eigenvalue weighted by Crippen LogP contribution is -2.28. The van der Waals surface area contributed by atoms with Crippen LogP contribution in [0.5, 0.6) is 17.2 Å². The molecular formula is C21H19FN2O3. The molecule has 0 aromatic heterocycles. The number of anilines is 1. The maximum Gasteiger partial charge on any atom is 0.319 e. The Bertz CT molecular complexity index is 899. The number of amides is 2. The largest absolute Gasteiger partial charge is 0.497 e. The lowest BCUT2D eigenvalue weighted by atomic mass is 10.2. The van der Waals surface area contributed by atoms with Gasteiger partial charge in [0, 0.05) is 11.3 Å². The Labute approximate surface area is 156 Å². The van der Waals surface area contributed by atoms with E-state index in [-0.39, 0.29) is 12.1 Å². The molecule has 0 atom stereocenters. The molecule has 0 aliphatic rings. The lowest BCUT2D eigenvalue weighted by Gasteiger charge is -2.13. The predicted molar refractivity (Wildman–Crippen MR) is 102 cm³/mol. The summed E-state index contributed by atoms with van der Waals surface area (Å²) in [5.74, 6) is 1.11. The highest BCUT2D eigenvalue weighted by Crippen LogP contribution is 2.28. The van der Waals surface area contributed by atoms with Gasteiger partial charge in [-0.25, -0.2) is 9.18 Å². The molecule has 3 aromatic carbocycles. The molecule has 2 N–H and O–H groups in total. The minimum Gasteiger partial charge on any atom is -0.497 e. The molecule has 3 rings (SSSR count). The van der Waals surface area contributed by atoms with Gasteiger partial charge in [0.25, 0.3) is 0 Å². The summed E-state index contributed by atoms with van der Waals surface area (Å²) in [5.41, 5.74) is 0.912. The van der Waals surface area contributed by atoms with Crippen LogP contribution in [-0.4, -0.2) is 13.1 Å². The molecule has 0 aliphatic carbocycles. The minimum absolute atomic E-state index is 0.0170. The van der Waals surface area contributed by atoms with Gasteiger partial charge >= 0.3 is 6.03 Å². The van der Waals surface area contributed by atoms with Crippen LogP contribution in [0.4, 0.5) is 14.9 Å². The van der Waals surface area contributed by atoms with E-state index in [2.05, 4.69) is 10.6 Å². The van der Waals surface area contributed by atoms with Crippen molar-refractivity contribution in [3.05, 3.63) is 84.2 Å². The average Bonchev–Trinajstić information content (AvgIpc) is 2.69. The first-order chi connectivity index (χ1) is 13.2. The van der Waals surface area contributed by atoms with Gasteiger partial charge in [-0.2, -0.15) is 0 Å². The van der Waals surface area contributed by atoms with Gasteiger partial charge in [0.05, 0.1) is 13.7 Å². The molecule has 3 aromatic rings. The molecule has 138 valence electrons. The van der Waals surface area contributed by atoms with Crippen molar-refractivity contribution in [2.24, 2.45) is 0 Å². The van der Waals surface area contributed by atoms with E-state index in [1.165, 1.54) is 6.07 Å². The van der Waals surface area contributed by atoms with E-state index in [0.717, 1.165) is 0 Å². The number of methoxy groups -OCH3 is 1. The highest BCUT2D eigenvalue weighted by atomic mass is 19.1. The topological polar surface area (TPSA) is 59.6 Å². The third kappa shape index (κ3) is 4.98. The Morgan fingerprint density at radius 1 is 0.926 bits per heavy atom. The van der Waals surface area contributed by atoms with Crippen molar-refractivity contribution < 1.29 is 18.7 Å². The standard InChI is InChI=1S/C21H19FN2O3/c1-26-16-10-12-17(13-11-16)27-20-9-5-8-19(22)18(20)14-23-21(25)24-15-6-3-2-4-7-15/h2-13H,14H2,1H3,(H2,23,24,25). The van der Waals surface area contributed by atoms with E-state index in [4.69, 9.17) is 9.47 Å². The Morgan fingerprint density at radius 3 is 2.33 bits per heavy atom. The van der Waals surface area contributed by atoms with Crippen molar-refractivity contribution in [1.29, 1.82) is 0 Å². The second-order valence-electron chi connectivity index (χ2n) is 5.67. The molecule has 0 aliphatic heterocycles. The Kier molecular flexibility index (Phi) is 5.89. The van der Waals surface area contributed by atoms with Crippen LogP contribution in [0.25, 0.3) is 0 Å². The molecular weight excluding hydrogens is 347 g/mol. The maximum absolute atomic E-state index is 14.3. The van der Waals surface area contributed by atoms with E-state index in [1.54, 1.807) is 55.6 Å². The molecule has 0 heterocycles. The van der Waals surface area contributed by atoms with Crippen molar-refractivity contribution in [1.82, 2.24) is 5.32 Å². The number of rotatable bonds is 6. The highest BCUT2D eigenvalue weighted by molar-refractivity contribution is 5.89. The van der Waals surface area contributed by atoms with E-state index >= 15 is 0 Å². The first-order valence-electron chi connectivity index (χ1n) is 8.35. The van der Waals surface area contributed by atoms with Crippen LogP contribution < -0.4 is 20.1 Å². The molecule has 27 heavy (non-hydrogen) atoms. The summed E-state index contributed by atoms with van der Waals surface area (Å²) >= 11 is 0. The third-order valence-corrected chi connectivity index (χ3v) is 3.82. The van der Waals surface area contributed by atoms with Gasteiger partial charge in [-0.05, 0) is 48.5 Å². The molecule has 0 saturated carbocycles. The molecule has 0 spiro atoms. The monoisotopic (exact) mass is 366 g/mol. The number of halogens is 1. The number of hydrogen-bond donors (Lipinski definition) is 2. The second kappa shape index (κ2) is 8.71.